The molecule has 0 aromatic heterocycles. The van der Waals surface area contributed by atoms with E-state index in [1.807, 2.05) is 22.0 Å². The van der Waals surface area contributed by atoms with Crippen molar-refractivity contribution in [3.63, 3.8) is 0 Å². The minimum atomic E-state index is -1.28. The third kappa shape index (κ3) is 8.92. The molecule has 4 fully saturated rings. The van der Waals surface area contributed by atoms with Crippen LogP contribution in [0.1, 0.15) is 52.9 Å². The fraction of sp³-hybridized carbons (Fsp3) is 0.812. The van der Waals surface area contributed by atoms with Crippen LogP contribution in [0, 0.1) is 23.7 Å². The summed E-state index contributed by atoms with van der Waals surface area (Å²) in [6.45, 7) is 10.9. The number of aliphatic imine (C=N–C) groups is 2. The summed E-state index contributed by atoms with van der Waals surface area (Å²) < 4.78 is 29.9. The summed E-state index contributed by atoms with van der Waals surface area (Å²) in [6, 6.07) is -1.33. The normalized spacial score (nSPS) is 31.8. The maximum atomic E-state index is 15.4. The summed E-state index contributed by atoms with van der Waals surface area (Å²) in [7, 11) is 0. The van der Waals surface area contributed by atoms with Gasteiger partial charge in [-0.25, -0.2) is 8.78 Å². The maximum absolute atomic E-state index is 15.4. The molecular weight excluding hydrogens is 566 g/mol. The van der Waals surface area contributed by atoms with Crippen molar-refractivity contribution in [2.75, 3.05) is 58.9 Å². The van der Waals surface area contributed by atoms with Gasteiger partial charge in [-0.15, -0.1) is 0 Å². The lowest BCUT2D eigenvalue weighted by Crippen LogP contribution is -2.65. The number of carbonyl (C=O) groups is 2. The molecule has 7 unspecified atom stereocenters. The second-order valence-corrected chi connectivity index (χ2v) is 13.2. The first-order valence-electron chi connectivity index (χ1n) is 16.6. The molecule has 0 saturated carbocycles. The number of nitrogens with two attached hydrogens (primary N) is 2. The van der Waals surface area contributed by atoms with Crippen LogP contribution in [0.5, 0.6) is 0 Å². The van der Waals surface area contributed by atoms with E-state index in [1.165, 1.54) is 0 Å². The molecule has 0 radical (unpaired) electrons. The van der Waals surface area contributed by atoms with Gasteiger partial charge in [0.15, 0.2) is 0 Å². The zero-order valence-corrected chi connectivity index (χ0v) is 26.8. The van der Waals surface area contributed by atoms with Crippen molar-refractivity contribution >= 4 is 23.7 Å². The highest BCUT2D eigenvalue weighted by atomic mass is 19.1. The van der Waals surface area contributed by atoms with Crippen LogP contribution in [0.3, 0.4) is 0 Å². The van der Waals surface area contributed by atoms with Gasteiger partial charge in [-0.3, -0.25) is 24.5 Å². The lowest BCUT2D eigenvalue weighted by Gasteiger charge is -2.47. The SMILES string of the molecule is CCCC(C)C=CCC(F)CN=C(C)C(C(=O)NC1C=NCC(F)C1N1CCN(C(=O)C2CN3CCC2CC3)CC1)C(N)N. The molecule has 5 aliphatic rings. The molecule has 0 aliphatic carbocycles. The van der Waals surface area contributed by atoms with Crippen molar-refractivity contribution in [1.29, 1.82) is 0 Å². The van der Waals surface area contributed by atoms with E-state index in [9.17, 15) is 14.0 Å². The average molecular weight is 621 g/mol. The molecule has 10 nitrogen and oxygen atoms in total. The second-order valence-electron chi connectivity index (χ2n) is 13.2. The molecule has 12 heteroatoms. The largest absolute Gasteiger partial charge is 0.346 e. The smallest absolute Gasteiger partial charge is 0.232 e. The van der Waals surface area contributed by atoms with E-state index in [1.54, 1.807) is 13.1 Å². The number of alkyl halides is 2. The third-order valence-electron chi connectivity index (χ3n) is 9.87. The van der Waals surface area contributed by atoms with Crippen molar-refractivity contribution < 1.29 is 18.4 Å². The number of halogens is 2. The zero-order valence-electron chi connectivity index (χ0n) is 26.8. The molecule has 2 bridgehead atoms. The van der Waals surface area contributed by atoms with Crippen molar-refractivity contribution in [2.24, 2.45) is 45.1 Å². The van der Waals surface area contributed by atoms with Gasteiger partial charge in [-0.2, -0.15) is 0 Å². The Morgan fingerprint density at radius 2 is 1.86 bits per heavy atom. The van der Waals surface area contributed by atoms with E-state index < -0.39 is 42.4 Å². The summed E-state index contributed by atoms with van der Waals surface area (Å²) in [5.74, 6) is -0.330. The highest BCUT2D eigenvalue weighted by Gasteiger charge is 2.43. The molecule has 248 valence electrons. The minimum Gasteiger partial charge on any atom is -0.346 e. The van der Waals surface area contributed by atoms with Crippen LogP contribution in [0.2, 0.25) is 0 Å². The van der Waals surface area contributed by atoms with Gasteiger partial charge in [-0.05, 0) is 57.5 Å². The molecule has 5 aliphatic heterocycles. The Kier molecular flexibility index (Phi) is 12.8. The Morgan fingerprint density at radius 3 is 2.48 bits per heavy atom. The Hall–Kier alpha value is -2.28. The number of carbonyl (C=O) groups excluding carboxylic acids is 2. The summed E-state index contributed by atoms with van der Waals surface area (Å²) in [6.07, 6.45) is 6.47. The molecule has 0 spiro atoms. The van der Waals surface area contributed by atoms with Gasteiger partial charge in [0.05, 0.1) is 37.3 Å². The standard InChI is InChI=1S/C32H54F2N8O2/c1-4-6-21(2)7-5-8-24(33)17-38-22(3)28(30(35)36)31(43)39-27-19-37-18-26(34)29(27)41-13-15-42(16-14-41)32(44)25-20-40-11-9-23(25)10-12-40/h5,7,19,21,23-30H,4,6,8-18,20,35-36H2,1-3H3,(H,39,43). The number of hydrogen-bond acceptors (Lipinski definition) is 8. The summed E-state index contributed by atoms with van der Waals surface area (Å²) in [4.78, 5) is 41.6. The summed E-state index contributed by atoms with van der Waals surface area (Å²) in [5, 5.41) is 2.91. The summed E-state index contributed by atoms with van der Waals surface area (Å²) >= 11 is 0. The lowest BCUT2D eigenvalue weighted by atomic mass is 9.78. The van der Waals surface area contributed by atoms with Crippen molar-refractivity contribution in [2.45, 2.75) is 83.5 Å². The number of rotatable bonds is 13. The van der Waals surface area contributed by atoms with Gasteiger partial charge in [-0.1, -0.05) is 32.4 Å². The van der Waals surface area contributed by atoms with Crippen molar-refractivity contribution in [1.82, 2.24) is 20.0 Å². The van der Waals surface area contributed by atoms with Crippen LogP contribution in [0.15, 0.2) is 22.1 Å². The fourth-order valence-electron chi connectivity index (χ4n) is 7.32. The van der Waals surface area contributed by atoms with Gasteiger partial charge in [0.1, 0.15) is 18.3 Å². The number of allylic oxidation sites excluding steroid dienone is 2. The number of amides is 2. The molecule has 7 atom stereocenters. The van der Waals surface area contributed by atoms with Gasteiger partial charge < -0.3 is 26.6 Å². The number of nitrogens with one attached hydrogen (secondary N) is 1. The molecule has 0 aromatic rings. The van der Waals surface area contributed by atoms with E-state index in [0.717, 1.165) is 45.3 Å². The predicted octanol–water partition coefficient (Wildman–Crippen LogP) is 1.79. The van der Waals surface area contributed by atoms with E-state index in [4.69, 9.17) is 11.5 Å². The Balaban J connectivity index is 1.32. The van der Waals surface area contributed by atoms with E-state index in [2.05, 4.69) is 34.0 Å². The lowest BCUT2D eigenvalue weighted by molar-refractivity contribution is -0.144. The molecular formula is C32H54F2N8O2. The minimum absolute atomic E-state index is 0.0135. The molecule has 0 aromatic carbocycles. The molecule has 2 amide bonds. The first-order chi connectivity index (χ1) is 21.1. The highest BCUT2D eigenvalue weighted by molar-refractivity contribution is 6.04. The number of piperazine rings is 1. The summed E-state index contributed by atoms with van der Waals surface area (Å²) in [5.41, 5.74) is 12.3. The van der Waals surface area contributed by atoms with Crippen molar-refractivity contribution in [3.05, 3.63) is 12.2 Å². The number of piperidine rings is 3. The average Bonchev–Trinajstić information content (AvgIpc) is 3.00. The molecule has 4 saturated heterocycles. The second kappa shape index (κ2) is 16.3. The Morgan fingerprint density at radius 1 is 1.16 bits per heavy atom. The van der Waals surface area contributed by atoms with E-state index >= 15 is 4.39 Å². The van der Waals surface area contributed by atoms with E-state index in [0.29, 0.717) is 43.7 Å². The highest BCUT2D eigenvalue weighted by Crippen LogP contribution is 2.34. The van der Waals surface area contributed by atoms with Crippen LogP contribution in [-0.4, -0.2) is 128 Å². The monoisotopic (exact) mass is 620 g/mol. The fourth-order valence-corrected chi connectivity index (χ4v) is 7.32. The van der Waals surface area contributed by atoms with Crippen molar-refractivity contribution in [3.8, 4) is 0 Å². The number of nitrogens with zero attached hydrogens (tertiary/aromatic N) is 5. The first-order valence-corrected chi connectivity index (χ1v) is 16.6. The molecule has 5 heterocycles. The topological polar surface area (TPSA) is 133 Å². The first kappa shape index (κ1) is 34.6. The Bertz CT molecular complexity index is 1040. The van der Waals surface area contributed by atoms with Crippen LogP contribution < -0.4 is 16.8 Å². The quantitative estimate of drug-likeness (QED) is 0.163. The van der Waals surface area contributed by atoms with Gasteiger partial charge >= 0.3 is 0 Å². The third-order valence-corrected chi connectivity index (χ3v) is 9.87. The van der Waals surface area contributed by atoms with Gasteiger partial charge in [0.25, 0.3) is 0 Å². The van der Waals surface area contributed by atoms with Gasteiger partial charge in [0.2, 0.25) is 11.8 Å². The van der Waals surface area contributed by atoms with Crippen LogP contribution in [-0.2, 0) is 9.59 Å². The molecule has 44 heavy (non-hydrogen) atoms. The number of hydrogen-bond donors (Lipinski definition) is 3. The zero-order chi connectivity index (χ0) is 31.8. The molecule has 5 N–H and O–H groups in total. The van der Waals surface area contributed by atoms with E-state index in [-0.39, 0.29) is 31.3 Å². The van der Waals surface area contributed by atoms with Gasteiger partial charge in [0, 0.05) is 44.7 Å². The Labute approximate surface area is 261 Å². The van der Waals surface area contributed by atoms with Crippen LogP contribution in [0.25, 0.3) is 0 Å². The number of fused-ring (bicyclic) bond motifs is 3. The molecule has 5 rings (SSSR count). The predicted molar refractivity (Wildman–Crippen MR) is 171 cm³/mol. The maximum Gasteiger partial charge on any atom is 0.232 e. The van der Waals surface area contributed by atoms with Crippen LogP contribution >= 0.6 is 0 Å². The van der Waals surface area contributed by atoms with Crippen LogP contribution in [0.4, 0.5) is 8.78 Å².